The predicted molar refractivity (Wildman–Crippen MR) is 109 cm³/mol. The molecule has 3 heterocycles. The number of rotatable bonds is 3. The van der Waals surface area contributed by atoms with E-state index in [2.05, 4.69) is 10.3 Å². The summed E-state index contributed by atoms with van der Waals surface area (Å²) in [5.74, 6) is -0.550. The molecule has 26 heavy (non-hydrogen) atoms. The van der Waals surface area contributed by atoms with Crippen LogP contribution in [-0.2, 0) is 0 Å². The number of hydrogen-bond acceptors (Lipinski definition) is 5. The van der Waals surface area contributed by atoms with Crippen molar-refractivity contribution in [2.75, 3.05) is 18.4 Å². The zero-order valence-corrected chi connectivity index (χ0v) is 16.6. The Labute approximate surface area is 167 Å². The van der Waals surface area contributed by atoms with Crippen molar-refractivity contribution in [3.63, 3.8) is 0 Å². The molecule has 1 aliphatic rings. The van der Waals surface area contributed by atoms with Gasteiger partial charge < -0.3 is 15.3 Å². The molecular weight excluding hydrogens is 468 g/mol. The first-order chi connectivity index (χ1) is 12.5. The third kappa shape index (κ3) is 3.28. The van der Waals surface area contributed by atoms with Crippen molar-refractivity contribution in [3.05, 3.63) is 51.5 Å². The van der Waals surface area contributed by atoms with Crippen LogP contribution in [-0.4, -0.2) is 40.1 Å². The van der Waals surface area contributed by atoms with Gasteiger partial charge in [-0.25, -0.2) is 9.37 Å². The minimum atomic E-state index is -0.493. The third-order valence-electron chi connectivity index (χ3n) is 4.31. The van der Waals surface area contributed by atoms with Crippen LogP contribution in [0, 0.1) is 9.39 Å². The lowest BCUT2D eigenvalue weighted by molar-refractivity contribution is 0.0768. The summed E-state index contributed by atoms with van der Waals surface area (Å²) >= 11 is 3.37. The number of nitrogens with zero attached hydrogens (tertiary/aromatic N) is 2. The second-order valence-corrected chi connectivity index (χ2v) is 8.35. The van der Waals surface area contributed by atoms with Crippen molar-refractivity contribution < 1.29 is 14.3 Å². The van der Waals surface area contributed by atoms with E-state index in [9.17, 15) is 14.3 Å². The first kappa shape index (κ1) is 17.6. The number of aliphatic hydroxyl groups excluding tert-OH is 1. The summed E-state index contributed by atoms with van der Waals surface area (Å²) in [5, 5.41) is 14.1. The van der Waals surface area contributed by atoms with Crippen molar-refractivity contribution in [2.24, 2.45) is 0 Å². The lowest BCUT2D eigenvalue weighted by Crippen LogP contribution is -2.29. The molecule has 1 fully saturated rings. The van der Waals surface area contributed by atoms with Crippen LogP contribution in [0.4, 0.5) is 15.1 Å². The highest BCUT2D eigenvalue weighted by Gasteiger charge is 2.29. The molecule has 2 N–H and O–H groups in total. The number of thiophene rings is 1. The summed E-state index contributed by atoms with van der Waals surface area (Å²) in [6.45, 7) is 0.822. The number of halogens is 2. The van der Waals surface area contributed by atoms with Gasteiger partial charge in [0, 0.05) is 28.2 Å². The van der Waals surface area contributed by atoms with Crippen molar-refractivity contribution in [3.8, 4) is 0 Å². The smallest absolute Gasteiger partial charge is 0.257 e. The van der Waals surface area contributed by atoms with Gasteiger partial charge in [0.25, 0.3) is 5.91 Å². The number of aliphatic hydroxyl groups is 1. The third-order valence-corrected chi connectivity index (χ3v) is 6.01. The van der Waals surface area contributed by atoms with Crippen LogP contribution in [0.15, 0.2) is 36.5 Å². The Morgan fingerprint density at radius 2 is 2.27 bits per heavy atom. The van der Waals surface area contributed by atoms with E-state index < -0.39 is 6.10 Å². The van der Waals surface area contributed by atoms with Gasteiger partial charge in [0.05, 0.1) is 17.4 Å². The average Bonchev–Trinajstić information content (AvgIpc) is 3.20. The number of hydrogen-bond donors (Lipinski definition) is 2. The van der Waals surface area contributed by atoms with E-state index in [4.69, 9.17) is 0 Å². The van der Waals surface area contributed by atoms with Crippen LogP contribution < -0.4 is 5.32 Å². The number of aromatic nitrogens is 1. The first-order valence-corrected chi connectivity index (χ1v) is 9.99. The number of benzene rings is 1. The zero-order valence-electron chi connectivity index (χ0n) is 13.6. The Balaban J connectivity index is 1.77. The lowest BCUT2D eigenvalue weighted by atomic mass is 10.1. The number of pyridine rings is 1. The zero-order chi connectivity index (χ0) is 18.3. The molecule has 0 bridgehead atoms. The number of amides is 1. The highest BCUT2D eigenvalue weighted by molar-refractivity contribution is 14.1. The number of carbonyl (C=O) groups is 1. The minimum absolute atomic E-state index is 0.172. The summed E-state index contributed by atoms with van der Waals surface area (Å²) in [4.78, 5) is 19.8. The predicted octanol–water partition coefficient (Wildman–Crippen LogP) is 3.99. The fraction of sp³-hybridized carbons (Fsp3) is 0.222. The average molecular weight is 483 g/mol. The van der Waals surface area contributed by atoms with Crippen LogP contribution in [0.1, 0.15) is 16.8 Å². The standard InChI is InChI=1S/C18H15FIN3O2S/c19-13-8-10(20)3-4-14(13)22-17-15(12-2-1-6-21-16(12)26-17)18(25)23-7-5-11(24)9-23/h1-4,6,8,11,22,24H,5,7,9H2/t11-/m1/s1. The summed E-state index contributed by atoms with van der Waals surface area (Å²) < 4.78 is 15.1. The Morgan fingerprint density at radius 1 is 1.42 bits per heavy atom. The van der Waals surface area contributed by atoms with Crippen LogP contribution in [0.3, 0.4) is 0 Å². The molecule has 0 radical (unpaired) electrons. The van der Waals surface area contributed by atoms with Gasteiger partial charge in [0.2, 0.25) is 0 Å². The fourth-order valence-electron chi connectivity index (χ4n) is 3.03. The molecule has 1 aliphatic heterocycles. The SMILES string of the molecule is O=C(c1c(Nc2ccc(I)cc2F)sc2ncccc12)N1CC[C@@H](O)C1. The highest BCUT2D eigenvalue weighted by Crippen LogP contribution is 2.38. The number of carbonyl (C=O) groups excluding carboxylic acids is 1. The monoisotopic (exact) mass is 483 g/mol. The van der Waals surface area contributed by atoms with Crippen LogP contribution in [0.25, 0.3) is 10.2 Å². The molecule has 0 aliphatic carbocycles. The van der Waals surface area contributed by atoms with Gasteiger partial charge in [-0.2, -0.15) is 0 Å². The number of β-amino-alcohol motifs (C(OH)–C–C–N with tert-alkyl or cyclic N) is 1. The Bertz CT molecular complexity index is 994. The van der Waals surface area contributed by atoms with E-state index in [0.717, 1.165) is 8.96 Å². The van der Waals surface area contributed by atoms with E-state index in [1.807, 2.05) is 28.7 Å². The molecule has 1 saturated heterocycles. The summed E-state index contributed by atoms with van der Waals surface area (Å²) in [6, 6.07) is 8.51. The molecule has 0 unspecified atom stereocenters. The highest BCUT2D eigenvalue weighted by atomic mass is 127. The van der Waals surface area contributed by atoms with E-state index in [1.165, 1.54) is 17.4 Å². The largest absolute Gasteiger partial charge is 0.391 e. The normalized spacial score (nSPS) is 17.0. The first-order valence-electron chi connectivity index (χ1n) is 8.10. The second kappa shape index (κ2) is 7.09. The topological polar surface area (TPSA) is 65.5 Å². The maximum Gasteiger partial charge on any atom is 0.257 e. The second-order valence-electron chi connectivity index (χ2n) is 6.11. The van der Waals surface area contributed by atoms with Crippen molar-refractivity contribution in [2.45, 2.75) is 12.5 Å². The molecule has 4 rings (SSSR count). The van der Waals surface area contributed by atoms with Gasteiger partial charge in [0.1, 0.15) is 15.6 Å². The van der Waals surface area contributed by atoms with Gasteiger partial charge in [0.15, 0.2) is 0 Å². The van der Waals surface area contributed by atoms with E-state index in [0.29, 0.717) is 40.6 Å². The van der Waals surface area contributed by atoms with Gasteiger partial charge in [-0.1, -0.05) is 11.3 Å². The molecule has 134 valence electrons. The van der Waals surface area contributed by atoms with Crippen molar-refractivity contribution in [1.82, 2.24) is 9.88 Å². The minimum Gasteiger partial charge on any atom is -0.391 e. The number of likely N-dealkylation sites (tertiary alicyclic amines) is 1. The molecule has 1 amide bonds. The molecule has 1 atom stereocenters. The maximum absolute atomic E-state index is 14.3. The Kier molecular flexibility index (Phi) is 4.80. The molecule has 3 aromatic rings. The molecule has 5 nitrogen and oxygen atoms in total. The van der Waals surface area contributed by atoms with Crippen molar-refractivity contribution in [1.29, 1.82) is 0 Å². The molecule has 0 spiro atoms. The number of fused-ring (bicyclic) bond motifs is 1. The number of anilines is 2. The van der Waals surface area contributed by atoms with Crippen LogP contribution in [0.5, 0.6) is 0 Å². The Morgan fingerprint density at radius 3 is 3.00 bits per heavy atom. The lowest BCUT2D eigenvalue weighted by Gasteiger charge is -2.17. The molecule has 2 aromatic heterocycles. The van der Waals surface area contributed by atoms with E-state index >= 15 is 0 Å². The fourth-order valence-corrected chi connectivity index (χ4v) is 4.53. The van der Waals surface area contributed by atoms with Gasteiger partial charge in [-0.3, -0.25) is 4.79 Å². The summed E-state index contributed by atoms with van der Waals surface area (Å²) in [7, 11) is 0. The van der Waals surface area contributed by atoms with Gasteiger partial charge in [-0.05, 0) is 59.3 Å². The number of nitrogens with one attached hydrogen (secondary N) is 1. The van der Waals surface area contributed by atoms with Crippen LogP contribution in [0.2, 0.25) is 0 Å². The van der Waals surface area contributed by atoms with Gasteiger partial charge in [-0.15, -0.1) is 0 Å². The van der Waals surface area contributed by atoms with E-state index in [-0.39, 0.29) is 11.7 Å². The molecular formula is C18H15FIN3O2S. The summed E-state index contributed by atoms with van der Waals surface area (Å²) in [6.07, 6.45) is 1.75. The Hall–Kier alpha value is -1.78. The quantitative estimate of drug-likeness (QED) is 0.554. The summed E-state index contributed by atoms with van der Waals surface area (Å²) in [5.41, 5.74) is 0.789. The van der Waals surface area contributed by atoms with E-state index in [1.54, 1.807) is 29.3 Å². The molecule has 1 aromatic carbocycles. The molecule has 0 saturated carbocycles. The van der Waals surface area contributed by atoms with Gasteiger partial charge >= 0.3 is 0 Å². The van der Waals surface area contributed by atoms with Crippen LogP contribution >= 0.6 is 33.9 Å². The molecule has 8 heteroatoms. The van der Waals surface area contributed by atoms with Crippen molar-refractivity contribution >= 4 is 60.7 Å². The maximum atomic E-state index is 14.3.